The van der Waals surface area contributed by atoms with Gasteiger partial charge < -0.3 is 23.8 Å². The van der Waals surface area contributed by atoms with Crippen LogP contribution in [0.25, 0.3) is 0 Å². The molecule has 2 unspecified atom stereocenters. The van der Waals surface area contributed by atoms with E-state index in [0.717, 1.165) is 25.7 Å². The molecular weight excluding hydrogens is 570 g/mol. The normalized spacial score (nSPS) is 14.1. The van der Waals surface area contributed by atoms with E-state index in [-0.39, 0.29) is 43.1 Å². The summed E-state index contributed by atoms with van der Waals surface area (Å²) in [4.78, 5) is 36.5. The molecule has 0 rings (SSSR count). The second-order valence-corrected chi connectivity index (χ2v) is 11.8. The lowest BCUT2D eigenvalue weighted by atomic mass is 10.1. The van der Waals surface area contributed by atoms with E-state index in [1.54, 1.807) is 0 Å². The monoisotopic (exact) mass is 630 g/mol. The number of aliphatic carboxylic acids is 1. The number of carboxylic acids is 1. The first-order valence-corrected chi connectivity index (χ1v) is 16.5. The molecule has 0 aliphatic heterocycles. The molecule has 0 amide bonds. The molecule has 1 N–H and O–H groups in total. The van der Waals surface area contributed by atoms with Crippen molar-refractivity contribution in [2.24, 2.45) is 0 Å². The van der Waals surface area contributed by atoms with Crippen LogP contribution < -0.4 is 0 Å². The zero-order chi connectivity index (χ0) is 33.6. The minimum Gasteiger partial charge on any atom is -0.477 e. The van der Waals surface area contributed by atoms with Gasteiger partial charge in [-0.15, -0.1) is 0 Å². The van der Waals surface area contributed by atoms with E-state index in [1.165, 1.54) is 19.3 Å². The van der Waals surface area contributed by atoms with Crippen LogP contribution in [-0.2, 0) is 28.6 Å². The number of allylic oxidation sites excluding steroid dienone is 12. The van der Waals surface area contributed by atoms with Crippen molar-refractivity contribution < 1.29 is 38.2 Å². The molecule has 8 nitrogen and oxygen atoms in total. The van der Waals surface area contributed by atoms with Gasteiger partial charge in [0.1, 0.15) is 6.61 Å². The topological polar surface area (TPSA) is 99.1 Å². The fraction of sp³-hybridized carbons (Fsp3) is 0.595. The lowest BCUT2D eigenvalue weighted by Crippen LogP contribution is -2.50. The number of nitrogens with zero attached hydrogens (tertiary/aromatic N) is 1. The van der Waals surface area contributed by atoms with E-state index in [9.17, 15) is 19.5 Å². The molecule has 0 bridgehead atoms. The average Bonchev–Trinajstić information content (AvgIpc) is 2.98. The maximum atomic E-state index is 12.5. The van der Waals surface area contributed by atoms with Crippen LogP contribution in [0, 0.1) is 0 Å². The number of esters is 2. The van der Waals surface area contributed by atoms with E-state index in [4.69, 9.17) is 14.2 Å². The first-order valence-electron chi connectivity index (χ1n) is 16.5. The van der Waals surface area contributed by atoms with E-state index in [1.807, 2.05) is 81.9 Å². The van der Waals surface area contributed by atoms with Crippen LogP contribution >= 0.6 is 0 Å². The van der Waals surface area contributed by atoms with Crippen molar-refractivity contribution in [3.05, 3.63) is 72.9 Å². The SMILES string of the molecule is CC/C=C/C=C/C=C/C=C/C=C/CCCC(=O)OC(COCCC(C(=O)O)[N+](C)(C)C)COC(=O)CC/C=C/CCCCCC. The van der Waals surface area contributed by atoms with Gasteiger partial charge in [-0.2, -0.15) is 0 Å². The molecule has 0 aliphatic carbocycles. The minimum atomic E-state index is -0.897. The molecule has 0 radical (unpaired) electrons. The standard InChI is InChI=1S/C37H59NO7/c1-6-8-10-12-14-16-17-18-19-20-22-24-26-28-36(40)45-33(31-43-30-29-34(37(41)42)38(3,4)5)32-44-35(39)27-25-23-21-15-13-11-9-7-2/h8,10,12,14,16-23,33-34H,6-7,9,11,13,15,24-32H2,1-5H3/p+1/b10-8+,14-12+,17-16+,19-18+,22-20+,23-21+. The highest BCUT2D eigenvalue weighted by Gasteiger charge is 2.31. The molecule has 8 heteroatoms. The van der Waals surface area contributed by atoms with Gasteiger partial charge in [-0.3, -0.25) is 9.59 Å². The number of hydrogen-bond donors (Lipinski definition) is 1. The summed E-state index contributed by atoms with van der Waals surface area (Å²) in [7, 11) is 5.46. The third kappa shape index (κ3) is 26.9. The molecule has 254 valence electrons. The molecule has 0 aromatic heterocycles. The Morgan fingerprint density at radius 2 is 1.31 bits per heavy atom. The van der Waals surface area contributed by atoms with Crippen molar-refractivity contribution in [3.8, 4) is 0 Å². The summed E-state index contributed by atoms with van der Waals surface area (Å²) in [6.45, 7) is 4.37. The fourth-order valence-electron chi connectivity index (χ4n) is 4.14. The number of carbonyl (C=O) groups excluding carboxylic acids is 2. The molecule has 0 aromatic rings. The number of carboxylic acid groups (broad SMARTS) is 1. The van der Waals surface area contributed by atoms with Crippen LogP contribution in [0.15, 0.2) is 72.9 Å². The van der Waals surface area contributed by atoms with Gasteiger partial charge in [0.25, 0.3) is 0 Å². The van der Waals surface area contributed by atoms with Gasteiger partial charge in [0.2, 0.25) is 0 Å². The number of unbranched alkanes of at least 4 members (excludes halogenated alkanes) is 5. The lowest BCUT2D eigenvalue weighted by Gasteiger charge is -2.31. The molecule has 45 heavy (non-hydrogen) atoms. The minimum absolute atomic E-state index is 0.0163. The van der Waals surface area contributed by atoms with Crippen LogP contribution in [0.5, 0.6) is 0 Å². The van der Waals surface area contributed by atoms with Gasteiger partial charge in [-0.1, -0.05) is 106 Å². The molecule has 0 spiro atoms. The van der Waals surface area contributed by atoms with E-state index >= 15 is 0 Å². The second-order valence-electron chi connectivity index (χ2n) is 11.8. The van der Waals surface area contributed by atoms with Gasteiger partial charge in [0.05, 0.1) is 34.4 Å². The summed E-state index contributed by atoms with van der Waals surface area (Å²) >= 11 is 0. The molecule has 0 aromatic carbocycles. The Bertz CT molecular complexity index is 970. The van der Waals surface area contributed by atoms with Crippen LogP contribution in [-0.4, -0.2) is 80.6 Å². The third-order valence-corrected chi connectivity index (χ3v) is 6.73. The maximum absolute atomic E-state index is 12.5. The highest BCUT2D eigenvalue weighted by Crippen LogP contribution is 2.10. The van der Waals surface area contributed by atoms with Crippen LogP contribution in [0.3, 0.4) is 0 Å². The average molecular weight is 631 g/mol. The second kappa shape index (κ2) is 28.3. The lowest BCUT2D eigenvalue weighted by molar-refractivity contribution is -0.887. The van der Waals surface area contributed by atoms with Crippen molar-refractivity contribution in [2.75, 3.05) is 41.0 Å². The summed E-state index contributed by atoms with van der Waals surface area (Å²) in [6.07, 6.45) is 32.7. The summed E-state index contributed by atoms with van der Waals surface area (Å²) < 4.78 is 16.9. The van der Waals surface area contributed by atoms with Crippen molar-refractivity contribution >= 4 is 17.9 Å². The number of hydrogen-bond acceptors (Lipinski definition) is 6. The van der Waals surface area contributed by atoms with E-state index < -0.39 is 24.1 Å². The fourth-order valence-corrected chi connectivity index (χ4v) is 4.14. The number of quaternary nitrogens is 1. The summed E-state index contributed by atoms with van der Waals surface area (Å²) in [5.41, 5.74) is 0. The Kier molecular flexibility index (Phi) is 26.2. The zero-order valence-electron chi connectivity index (χ0n) is 28.5. The Hall–Kier alpha value is -3.23. The first kappa shape index (κ1) is 41.8. The number of rotatable bonds is 27. The van der Waals surface area contributed by atoms with Crippen molar-refractivity contribution in [1.29, 1.82) is 0 Å². The van der Waals surface area contributed by atoms with E-state index in [0.29, 0.717) is 19.3 Å². The Balaban J connectivity index is 4.71. The van der Waals surface area contributed by atoms with Gasteiger partial charge >= 0.3 is 17.9 Å². The van der Waals surface area contributed by atoms with Crippen LogP contribution in [0.2, 0.25) is 0 Å². The number of carbonyl (C=O) groups is 3. The van der Waals surface area contributed by atoms with Crippen molar-refractivity contribution in [1.82, 2.24) is 0 Å². The summed E-state index contributed by atoms with van der Waals surface area (Å²) in [5.74, 6) is -1.65. The molecule has 2 atom stereocenters. The third-order valence-electron chi connectivity index (χ3n) is 6.73. The predicted octanol–water partition coefficient (Wildman–Crippen LogP) is 7.68. The van der Waals surface area contributed by atoms with Gasteiger partial charge in [0.15, 0.2) is 12.1 Å². The molecular formula is C37H60NO7+. The van der Waals surface area contributed by atoms with Gasteiger partial charge in [0, 0.05) is 19.3 Å². The Morgan fingerprint density at radius 1 is 0.689 bits per heavy atom. The van der Waals surface area contributed by atoms with Crippen molar-refractivity contribution in [2.45, 2.75) is 103 Å². The Morgan fingerprint density at radius 3 is 1.93 bits per heavy atom. The molecule has 0 heterocycles. The molecule has 0 fully saturated rings. The highest BCUT2D eigenvalue weighted by atomic mass is 16.6. The van der Waals surface area contributed by atoms with Crippen molar-refractivity contribution in [3.63, 3.8) is 0 Å². The number of likely N-dealkylation sites (N-methyl/N-ethyl adjacent to an activating group) is 1. The number of ether oxygens (including phenoxy) is 3. The molecule has 0 aliphatic rings. The zero-order valence-corrected chi connectivity index (χ0v) is 28.5. The molecule has 0 saturated carbocycles. The van der Waals surface area contributed by atoms with Crippen LogP contribution in [0.4, 0.5) is 0 Å². The quantitative estimate of drug-likeness (QED) is 0.0327. The largest absolute Gasteiger partial charge is 0.477 e. The highest BCUT2D eigenvalue weighted by molar-refractivity contribution is 5.72. The van der Waals surface area contributed by atoms with Crippen LogP contribution in [0.1, 0.15) is 90.9 Å². The van der Waals surface area contributed by atoms with Gasteiger partial charge in [-0.25, -0.2) is 4.79 Å². The smallest absolute Gasteiger partial charge is 0.362 e. The Labute approximate surface area is 272 Å². The summed E-state index contributed by atoms with van der Waals surface area (Å²) in [6, 6.07) is -0.632. The summed E-state index contributed by atoms with van der Waals surface area (Å²) in [5, 5.41) is 9.53. The van der Waals surface area contributed by atoms with E-state index in [2.05, 4.69) is 26.0 Å². The maximum Gasteiger partial charge on any atom is 0.362 e. The van der Waals surface area contributed by atoms with Gasteiger partial charge in [-0.05, 0) is 38.5 Å². The first-order chi connectivity index (χ1) is 21.6. The predicted molar refractivity (Wildman–Crippen MR) is 183 cm³/mol. The molecule has 0 saturated heterocycles.